The zero-order valence-corrected chi connectivity index (χ0v) is 13.3. The van der Waals surface area contributed by atoms with Crippen LogP contribution in [-0.4, -0.2) is 48.8 Å². The van der Waals surface area contributed by atoms with Crippen molar-refractivity contribution in [2.75, 3.05) is 24.5 Å². The monoisotopic (exact) mass is 353 g/mol. The average Bonchev–Trinajstić information content (AvgIpc) is 3.08. The highest BCUT2D eigenvalue weighted by molar-refractivity contribution is 9.10. The van der Waals surface area contributed by atoms with Crippen LogP contribution in [0.25, 0.3) is 0 Å². The standard InChI is InChI=1S/C15H20BrN3O2/c16-12-3-1-2-4-14(12)19-6-5-10(9-19)18-15(21)13-7-11(20)8-17-13/h1-4,10-11,13,17,20H,5-9H2,(H,18,21). The van der Waals surface area contributed by atoms with Gasteiger partial charge in [-0.1, -0.05) is 12.1 Å². The summed E-state index contributed by atoms with van der Waals surface area (Å²) < 4.78 is 1.08. The molecule has 2 aliphatic rings. The summed E-state index contributed by atoms with van der Waals surface area (Å²) in [5.74, 6) is 0.00512. The fraction of sp³-hybridized carbons (Fsp3) is 0.533. The maximum absolute atomic E-state index is 12.1. The molecule has 0 bridgehead atoms. The lowest BCUT2D eigenvalue weighted by Crippen LogP contribution is -2.46. The molecule has 3 rings (SSSR count). The number of carbonyl (C=O) groups excluding carboxylic acids is 1. The third-order valence-corrected chi connectivity index (χ3v) is 4.82. The van der Waals surface area contributed by atoms with Crippen LogP contribution >= 0.6 is 15.9 Å². The molecule has 3 N–H and O–H groups in total. The second-order valence-corrected chi connectivity index (χ2v) is 6.60. The van der Waals surface area contributed by atoms with E-state index in [4.69, 9.17) is 0 Å². The molecule has 0 spiro atoms. The quantitative estimate of drug-likeness (QED) is 0.754. The number of benzene rings is 1. The molecule has 0 saturated carbocycles. The smallest absolute Gasteiger partial charge is 0.237 e. The fourth-order valence-corrected chi connectivity index (χ4v) is 3.56. The van der Waals surface area contributed by atoms with Crippen LogP contribution in [-0.2, 0) is 4.79 Å². The van der Waals surface area contributed by atoms with Gasteiger partial charge in [-0.2, -0.15) is 0 Å². The first-order valence-corrected chi connectivity index (χ1v) is 8.14. The number of amides is 1. The zero-order valence-electron chi connectivity index (χ0n) is 11.8. The molecule has 2 fully saturated rings. The Labute approximate surface area is 132 Å². The number of halogens is 1. The van der Waals surface area contributed by atoms with Gasteiger partial charge in [0.2, 0.25) is 5.91 Å². The van der Waals surface area contributed by atoms with Crippen molar-refractivity contribution in [1.29, 1.82) is 0 Å². The number of para-hydroxylation sites is 1. The van der Waals surface area contributed by atoms with E-state index in [-0.39, 0.29) is 18.0 Å². The predicted molar refractivity (Wildman–Crippen MR) is 85.3 cm³/mol. The summed E-state index contributed by atoms with van der Waals surface area (Å²) in [7, 11) is 0. The van der Waals surface area contributed by atoms with Gasteiger partial charge in [-0.15, -0.1) is 0 Å². The van der Waals surface area contributed by atoms with Gasteiger partial charge < -0.3 is 20.6 Å². The molecule has 21 heavy (non-hydrogen) atoms. The van der Waals surface area contributed by atoms with Crippen molar-refractivity contribution >= 4 is 27.5 Å². The van der Waals surface area contributed by atoms with Gasteiger partial charge in [0.15, 0.2) is 0 Å². The van der Waals surface area contributed by atoms with Crippen LogP contribution in [0.1, 0.15) is 12.8 Å². The first kappa shape index (κ1) is 14.8. The highest BCUT2D eigenvalue weighted by Gasteiger charge is 2.31. The molecule has 5 nitrogen and oxygen atoms in total. The molecular formula is C15H20BrN3O2. The van der Waals surface area contributed by atoms with Crippen molar-refractivity contribution in [2.45, 2.75) is 31.0 Å². The summed E-state index contributed by atoms with van der Waals surface area (Å²) >= 11 is 3.57. The minimum Gasteiger partial charge on any atom is -0.392 e. The number of hydrogen-bond donors (Lipinski definition) is 3. The molecular weight excluding hydrogens is 334 g/mol. The average molecular weight is 354 g/mol. The van der Waals surface area contributed by atoms with E-state index in [0.717, 1.165) is 24.0 Å². The first-order valence-electron chi connectivity index (χ1n) is 7.35. The Morgan fingerprint density at radius 3 is 2.95 bits per heavy atom. The number of hydrogen-bond acceptors (Lipinski definition) is 4. The molecule has 114 valence electrons. The number of aliphatic hydroxyl groups excluding tert-OH is 1. The lowest BCUT2D eigenvalue weighted by molar-refractivity contribution is -0.123. The minimum absolute atomic E-state index is 0.00512. The van der Waals surface area contributed by atoms with Crippen LogP contribution in [0.2, 0.25) is 0 Å². The molecule has 2 saturated heterocycles. The van der Waals surface area contributed by atoms with Crippen molar-refractivity contribution in [2.24, 2.45) is 0 Å². The van der Waals surface area contributed by atoms with E-state index in [2.05, 4.69) is 37.5 Å². The highest BCUT2D eigenvalue weighted by Crippen LogP contribution is 2.28. The van der Waals surface area contributed by atoms with Crippen molar-refractivity contribution in [3.05, 3.63) is 28.7 Å². The number of nitrogens with one attached hydrogen (secondary N) is 2. The minimum atomic E-state index is -0.402. The van der Waals surface area contributed by atoms with Crippen molar-refractivity contribution in [1.82, 2.24) is 10.6 Å². The van der Waals surface area contributed by atoms with Gasteiger partial charge in [0.05, 0.1) is 17.8 Å². The maximum Gasteiger partial charge on any atom is 0.237 e. The molecule has 6 heteroatoms. The molecule has 0 aliphatic carbocycles. The third-order valence-electron chi connectivity index (χ3n) is 4.15. The van der Waals surface area contributed by atoms with Crippen molar-refractivity contribution < 1.29 is 9.90 Å². The summed E-state index contributed by atoms with van der Waals surface area (Å²) in [6, 6.07) is 8.06. The van der Waals surface area contributed by atoms with E-state index in [0.29, 0.717) is 13.0 Å². The van der Waals surface area contributed by atoms with Gasteiger partial charge in [0.25, 0.3) is 0 Å². The number of carbonyl (C=O) groups is 1. The summed E-state index contributed by atoms with van der Waals surface area (Å²) in [6.45, 7) is 2.27. The summed E-state index contributed by atoms with van der Waals surface area (Å²) in [4.78, 5) is 14.4. The molecule has 3 atom stereocenters. The summed E-state index contributed by atoms with van der Waals surface area (Å²) in [6.07, 6.45) is 1.05. The Morgan fingerprint density at radius 1 is 1.43 bits per heavy atom. The topological polar surface area (TPSA) is 64.6 Å². The van der Waals surface area contributed by atoms with E-state index < -0.39 is 6.10 Å². The Kier molecular flexibility index (Phi) is 4.47. The Balaban J connectivity index is 1.55. The van der Waals surface area contributed by atoms with Gasteiger partial charge in [0, 0.05) is 30.1 Å². The highest BCUT2D eigenvalue weighted by atomic mass is 79.9. The Hall–Kier alpha value is -1.11. The second-order valence-electron chi connectivity index (χ2n) is 5.74. The molecule has 2 heterocycles. The van der Waals surface area contributed by atoms with Crippen molar-refractivity contribution in [3.8, 4) is 0 Å². The number of aliphatic hydroxyl groups is 1. The molecule has 0 aromatic heterocycles. The Bertz CT molecular complexity index is 525. The molecule has 1 amide bonds. The molecule has 0 radical (unpaired) electrons. The number of nitrogens with zero attached hydrogens (tertiary/aromatic N) is 1. The van der Waals surface area contributed by atoms with Crippen LogP contribution in [0.3, 0.4) is 0 Å². The van der Waals surface area contributed by atoms with E-state index in [1.165, 1.54) is 5.69 Å². The van der Waals surface area contributed by atoms with Crippen molar-refractivity contribution in [3.63, 3.8) is 0 Å². The van der Waals surface area contributed by atoms with Gasteiger partial charge in [-0.05, 0) is 40.9 Å². The summed E-state index contributed by atoms with van der Waals surface area (Å²) in [5, 5.41) is 15.6. The first-order chi connectivity index (χ1) is 10.1. The SMILES string of the molecule is O=C(NC1CCN(c2ccccc2Br)C1)C1CC(O)CN1. The van der Waals surface area contributed by atoms with Crippen LogP contribution < -0.4 is 15.5 Å². The van der Waals surface area contributed by atoms with Gasteiger partial charge in [-0.25, -0.2) is 0 Å². The fourth-order valence-electron chi connectivity index (χ4n) is 3.02. The van der Waals surface area contributed by atoms with Crippen LogP contribution in [0, 0.1) is 0 Å². The predicted octanol–water partition coefficient (Wildman–Crippen LogP) is 0.867. The molecule has 1 aromatic carbocycles. The van der Waals surface area contributed by atoms with E-state index >= 15 is 0 Å². The second kappa shape index (κ2) is 6.34. The van der Waals surface area contributed by atoms with Crippen LogP contribution in [0.4, 0.5) is 5.69 Å². The number of anilines is 1. The number of β-amino-alcohol motifs (C(OH)–C–C–N with tert-alkyl or cyclic N) is 1. The maximum atomic E-state index is 12.1. The van der Waals surface area contributed by atoms with Gasteiger partial charge in [-0.3, -0.25) is 4.79 Å². The lowest BCUT2D eigenvalue weighted by Gasteiger charge is -2.21. The van der Waals surface area contributed by atoms with E-state index in [9.17, 15) is 9.90 Å². The Morgan fingerprint density at radius 2 is 2.24 bits per heavy atom. The zero-order chi connectivity index (χ0) is 14.8. The lowest BCUT2D eigenvalue weighted by atomic mass is 10.1. The normalized spacial score (nSPS) is 28.9. The molecule has 2 aliphatic heterocycles. The third kappa shape index (κ3) is 3.39. The summed E-state index contributed by atoms with van der Waals surface area (Å²) in [5.41, 5.74) is 1.17. The number of rotatable bonds is 3. The molecule has 3 unspecified atom stereocenters. The largest absolute Gasteiger partial charge is 0.392 e. The van der Waals surface area contributed by atoms with Gasteiger partial charge in [0.1, 0.15) is 0 Å². The van der Waals surface area contributed by atoms with E-state index in [1.54, 1.807) is 0 Å². The van der Waals surface area contributed by atoms with Gasteiger partial charge >= 0.3 is 0 Å². The van der Waals surface area contributed by atoms with E-state index in [1.807, 2.05) is 18.2 Å². The van der Waals surface area contributed by atoms with Crippen LogP contribution in [0.15, 0.2) is 28.7 Å². The molecule has 1 aromatic rings. The van der Waals surface area contributed by atoms with Crippen LogP contribution in [0.5, 0.6) is 0 Å².